The largest absolute Gasteiger partial charge is 0.496 e. The Balaban J connectivity index is 2.55. The summed E-state index contributed by atoms with van der Waals surface area (Å²) in [4.78, 5) is 2.56. The first kappa shape index (κ1) is 16.2. The number of anilines is 1. The Labute approximate surface area is 129 Å². The van der Waals surface area contributed by atoms with Gasteiger partial charge in [-0.15, -0.1) is 0 Å². The molecular formula is C18H30N2O. The molecular weight excluding hydrogens is 260 g/mol. The van der Waals surface area contributed by atoms with Crippen LogP contribution in [0.1, 0.15) is 57.6 Å². The standard InChI is InChI=1S/C18H30N2O/c1-7-8-20-16-10-17(21-6)14(12-19-5)9-15(16)13(2)11-18(20,3)4/h9-10,13,19H,7-8,11-12H2,1-6H3/t13-/m1/s1. The van der Waals surface area contributed by atoms with Crippen molar-refractivity contribution in [3.8, 4) is 5.75 Å². The topological polar surface area (TPSA) is 24.5 Å². The highest BCUT2D eigenvalue weighted by molar-refractivity contribution is 5.64. The van der Waals surface area contributed by atoms with Crippen molar-refractivity contribution in [1.82, 2.24) is 5.32 Å². The highest BCUT2D eigenvalue weighted by Crippen LogP contribution is 2.45. The van der Waals surface area contributed by atoms with E-state index in [2.05, 4.69) is 50.0 Å². The van der Waals surface area contributed by atoms with Gasteiger partial charge in [0.15, 0.2) is 0 Å². The van der Waals surface area contributed by atoms with Crippen LogP contribution in [0, 0.1) is 0 Å². The van der Waals surface area contributed by atoms with Gasteiger partial charge in [-0.05, 0) is 51.3 Å². The van der Waals surface area contributed by atoms with Gasteiger partial charge >= 0.3 is 0 Å². The van der Waals surface area contributed by atoms with Gasteiger partial charge in [0.25, 0.3) is 0 Å². The van der Waals surface area contributed by atoms with Crippen molar-refractivity contribution in [2.75, 3.05) is 25.6 Å². The first-order valence-electron chi connectivity index (χ1n) is 8.07. The van der Waals surface area contributed by atoms with Crippen molar-refractivity contribution in [2.45, 2.75) is 58.5 Å². The molecule has 1 N–H and O–H groups in total. The van der Waals surface area contributed by atoms with E-state index in [-0.39, 0.29) is 5.54 Å². The zero-order valence-corrected chi connectivity index (χ0v) is 14.4. The first-order valence-corrected chi connectivity index (χ1v) is 8.07. The van der Waals surface area contributed by atoms with Crippen LogP contribution >= 0.6 is 0 Å². The van der Waals surface area contributed by atoms with Gasteiger partial charge in [0.1, 0.15) is 5.75 Å². The van der Waals surface area contributed by atoms with Crippen LogP contribution in [0.5, 0.6) is 5.75 Å². The maximum absolute atomic E-state index is 5.63. The summed E-state index contributed by atoms with van der Waals surface area (Å²) in [6.45, 7) is 11.3. The van der Waals surface area contributed by atoms with E-state index in [0.29, 0.717) is 5.92 Å². The van der Waals surface area contributed by atoms with Crippen LogP contribution in [0.15, 0.2) is 12.1 Å². The van der Waals surface area contributed by atoms with Crippen LogP contribution < -0.4 is 15.0 Å². The summed E-state index contributed by atoms with van der Waals surface area (Å²) in [5.41, 5.74) is 4.28. The smallest absolute Gasteiger partial charge is 0.125 e. The fourth-order valence-corrected chi connectivity index (χ4v) is 3.72. The average Bonchev–Trinajstić information content (AvgIpc) is 2.43. The number of ether oxygens (including phenoxy) is 1. The van der Waals surface area contributed by atoms with Crippen molar-refractivity contribution in [3.63, 3.8) is 0 Å². The predicted octanol–water partition coefficient (Wildman–Crippen LogP) is 3.92. The van der Waals surface area contributed by atoms with Gasteiger partial charge in [-0.2, -0.15) is 0 Å². The zero-order chi connectivity index (χ0) is 15.6. The third-order valence-corrected chi connectivity index (χ3v) is 4.60. The van der Waals surface area contributed by atoms with Gasteiger partial charge in [-0.1, -0.05) is 13.8 Å². The van der Waals surface area contributed by atoms with Crippen LogP contribution in [-0.4, -0.2) is 26.2 Å². The van der Waals surface area contributed by atoms with Gasteiger partial charge in [-0.3, -0.25) is 0 Å². The molecule has 1 atom stereocenters. The van der Waals surface area contributed by atoms with Gasteiger partial charge in [0.2, 0.25) is 0 Å². The minimum absolute atomic E-state index is 0.206. The lowest BCUT2D eigenvalue weighted by Gasteiger charge is -2.48. The number of rotatable bonds is 5. The minimum Gasteiger partial charge on any atom is -0.496 e. The third-order valence-electron chi connectivity index (χ3n) is 4.60. The molecule has 0 saturated heterocycles. The van der Waals surface area contributed by atoms with Crippen molar-refractivity contribution in [1.29, 1.82) is 0 Å². The van der Waals surface area contributed by atoms with E-state index >= 15 is 0 Å². The number of hydrogen-bond donors (Lipinski definition) is 1. The number of benzene rings is 1. The SMILES string of the molecule is CCCN1c2cc(OC)c(CNC)cc2[C@H](C)CC1(C)C. The van der Waals surface area contributed by atoms with Crippen molar-refractivity contribution in [3.05, 3.63) is 23.3 Å². The Hall–Kier alpha value is -1.22. The molecule has 0 unspecified atom stereocenters. The van der Waals surface area contributed by atoms with Gasteiger partial charge < -0.3 is 15.0 Å². The molecule has 0 bridgehead atoms. The number of hydrogen-bond acceptors (Lipinski definition) is 3. The van der Waals surface area contributed by atoms with E-state index in [1.807, 2.05) is 7.05 Å². The maximum Gasteiger partial charge on any atom is 0.125 e. The molecule has 1 aromatic rings. The number of nitrogens with one attached hydrogen (secondary N) is 1. The monoisotopic (exact) mass is 290 g/mol. The van der Waals surface area contributed by atoms with Crippen LogP contribution in [-0.2, 0) is 6.54 Å². The second-order valence-electron chi connectivity index (χ2n) is 6.82. The summed E-state index contributed by atoms with van der Waals surface area (Å²) >= 11 is 0. The van der Waals surface area contributed by atoms with Gasteiger partial charge in [0, 0.05) is 35.9 Å². The summed E-state index contributed by atoms with van der Waals surface area (Å²) in [6.07, 6.45) is 2.36. The average molecular weight is 290 g/mol. The lowest BCUT2D eigenvalue weighted by molar-refractivity contribution is 0.371. The molecule has 21 heavy (non-hydrogen) atoms. The molecule has 1 heterocycles. The summed E-state index contributed by atoms with van der Waals surface area (Å²) in [5.74, 6) is 1.58. The Morgan fingerprint density at radius 2 is 2.10 bits per heavy atom. The van der Waals surface area contributed by atoms with Crippen LogP contribution in [0.25, 0.3) is 0 Å². The van der Waals surface area contributed by atoms with Crippen LogP contribution in [0.4, 0.5) is 5.69 Å². The fraction of sp³-hybridized carbons (Fsp3) is 0.667. The minimum atomic E-state index is 0.206. The molecule has 0 fully saturated rings. The lowest BCUT2D eigenvalue weighted by Crippen LogP contribution is -2.48. The predicted molar refractivity (Wildman–Crippen MR) is 90.5 cm³/mol. The summed E-state index contributed by atoms with van der Waals surface area (Å²) in [6, 6.07) is 4.59. The van der Waals surface area contributed by atoms with Crippen molar-refractivity contribution in [2.24, 2.45) is 0 Å². The van der Waals surface area contributed by atoms with Crippen LogP contribution in [0.2, 0.25) is 0 Å². The summed E-state index contributed by atoms with van der Waals surface area (Å²) in [7, 11) is 3.75. The molecule has 0 spiro atoms. The number of methoxy groups -OCH3 is 1. The summed E-state index contributed by atoms with van der Waals surface area (Å²) in [5, 5.41) is 3.24. The van der Waals surface area contributed by atoms with Crippen molar-refractivity contribution < 1.29 is 4.74 Å². The normalized spacial score (nSPS) is 20.3. The molecule has 3 nitrogen and oxygen atoms in total. The maximum atomic E-state index is 5.63. The summed E-state index contributed by atoms with van der Waals surface area (Å²) < 4.78 is 5.63. The molecule has 3 heteroatoms. The van der Waals surface area contributed by atoms with E-state index in [1.165, 1.54) is 23.2 Å². The van der Waals surface area contributed by atoms with E-state index in [1.54, 1.807) is 7.11 Å². The Bertz CT molecular complexity index is 496. The van der Waals surface area contributed by atoms with E-state index in [9.17, 15) is 0 Å². The molecule has 118 valence electrons. The van der Waals surface area contributed by atoms with Crippen LogP contribution in [0.3, 0.4) is 0 Å². The molecule has 0 aromatic heterocycles. The molecule has 2 rings (SSSR count). The molecule has 0 aliphatic carbocycles. The van der Waals surface area contributed by atoms with Gasteiger partial charge in [-0.25, -0.2) is 0 Å². The highest BCUT2D eigenvalue weighted by Gasteiger charge is 2.36. The molecule has 0 saturated carbocycles. The third kappa shape index (κ3) is 3.03. The highest BCUT2D eigenvalue weighted by atomic mass is 16.5. The Morgan fingerprint density at radius 1 is 1.38 bits per heavy atom. The second kappa shape index (κ2) is 6.27. The molecule has 0 amide bonds. The van der Waals surface area contributed by atoms with Gasteiger partial charge in [0.05, 0.1) is 7.11 Å². The zero-order valence-electron chi connectivity index (χ0n) is 14.4. The van der Waals surface area contributed by atoms with Crippen molar-refractivity contribution >= 4 is 5.69 Å². The van der Waals surface area contributed by atoms with E-state index in [4.69, 9.17) is 4.74 Å². The van der Waals surface area contributed by atoms with E-state index < -0.39 is 0 Å². The molecule has 0 radical (unpaired) electrons. The number of fused-ring (bicyclic) bond motifs is 1. The molecule has 1 aliphatic rings. The first-order chi connectivity index (χ1) is 9.94. The Kier molecular flexibility index (Phi) is 4.82. The van der Waals surface area contributed by atoms with E-state index in [0.717, 1.165) is 25.3 Å². The Morgan fingerprint density at radius 3 is 2.67 bits per heavy atom. The molecule has 1 aliphatic heterocycles. The quantitative estimate of drug-likeness (QED) is 0.889. The number of nitrogens with zero attached hydrogens (tertiary/aromatic N) is 1. The fourth-order valence-electron chi connectivity index (χ4n) is 3.72. The lowest BCUT2D eigenvalue weighted by atomic mass is 9.79. The molecule has 1 aromatic carbocycles. The second-order valence-corrected chi connectivity index (χ2v) is 6.82.